The van der Waals surface area contributed by atoms with Crippen molar-refractivity contribution in [2.45, 2.75) is 200 Å². The molecule has 1 N–H and O–H groups in total. The van der Waals surface area contributed by atoms with Gasteiger partial charge in [0.1, 0.15) is 6.10 Å². The van der Waals surface area contributed by atoms with E-state index in [0.29, 0.717) is 6.42 Å². The molecule has 43 heavy (non-hydrogen) atoms. The summed E-state index contributed by atoms with van der Waals surface area (Å²) in [4.78, 5) is 23.3. The monoisotopic (exact) mass is 603 g/mol. The third-order valence-electron chi connectivity index (χ3n) is 8.10. The molecule has 0 radical (unpaired) electrons. The molecule has 4 heteroatoms. The zero-order valence-electron chi connectivity index (χ0n) is 28.5. The lowest BCUT2D eigenvalue weighted by Crippen LogP contribution is -2.16. The highest BCUT2D eigenvalue weighted by Gasteiger charge is 2.11. The third-order valence-corrected chi connectivity index (χ3v) is 8.10. The van der Waals surface area contributed by atoms with E-state index in [1.807, 2.05) is 0 Å². The molecule has 0 spiro atoms. The van der Waals surface area contributed by atoms with Crippen molar-refractivity contribution in [3.05, 3.63) is 36.5 Å². The lowest BCUT2D eigenvalue weighted by Gasteiger charge is -2.14. The Morgan fingerprint density at radius 1 is 0.535 bits per heavy atom. The van der Waals surface area contributed by atoms with E-state index < -0.39 is 5.97 Å². The van der Waals surface area contributed by atoms with Crippen molar-refractivity contribution in [2.24, 2.45) is 0 Å². The smallest absolute Gasteiger partial charge is 0.306 e. The lowest BCUT2D eigenvalue weighted by atomic mass is 10.0. The van der Waals surface area contributed by atoms with Gasteiger partial charge >= 0.3 is 11.9 Å². The number of allylic oxidation sites excluding steroid dienone is 5. The van der Waals surface area contributed by atoms with Gasteiger partial charge in [-0.05, 0) is 57.4 Å². The van der Waals surface area contributed by atoms with Crippen LogP contribution in [0.1, 0.15) is 194 Å². The van der Waals surface area contributed by atoms with Gasteiger partial charge in [-0.2, -0.15) is 0 Å². The molecule has 1 unspecified atom stereocenters. The van der Waals surface area contributed by atoms with Crippen molar-refractivity contribution in [3.63, 3.8) is 0 Å². The van der Waals surface area contributed by atoms with Crippen LogP contribution in [0.2, 0.25) is 0 Å². The normalized spacial score (nSPS) is 12.6. The van der Waals surface area contributed by atoms with Gasteiger partial charge in [0.15, 0.2) is 0 Å². The van der Waals surface area contributed by atoms with Crippen molar-refractivity contribution < 1.29 is 19.4 Å². The zero-order valence-corrected chi connectivity index (χ0v) is 28.5. The van der Waals surface area contributed by atoms with E-state index in [0.717, 1.165) is 64.2 Å². The van der Waals surface area contributed by atoms with E-state index in [-0.39, 0.29) is 18.5 Å². The van der Waals surface area contributed by atoms with Crippen LogP contribution in [0, 0.1) is 0 Å². The fourth-order valence-electron chi connectivity index (χ4n) is 5.34. The second-order valence-corrected chi connectivity index (χ2v) is 12.4. The molecule has 0 aromatic heterocycles. The van der Waals surface area contributed by atoms with Gasteiger partial charge in [-0.15, -0.1) is 0 Å². The number of hydrogen-bond acceptors (Lipinski definition) is 3. The summed E-state index contributed by atoms with van der Waals surface area (Å²) in [5.41, 5.74) is 0. The number of unbranched alkanes of at least 4 members (excludes halogenated alkanes) is 20. The fraction of sp³-hybridized carbons (Fsp3) is 0.795. The maximum Gasteiger partial charge on any atom is 0.306 e. The summed E-state index contributed by atoms with van der Waals surface area (Å²) in [6.07, 6.45) is 44.5. The average molecular weight is 603 g/mol. The van der Waals surface area contributed by atoms with E-state index in [2.05, 4.69) is 50.3 Å². The van der Waals surface area contributed by atoms with Gasteiger partial charge in [-0.1, -0.05) is 160 Å². The molecule has 4 nitrogen and oxygen atoms in total. The second kappa shape index (κ2) is 34.6. The number of carboxylic acids is 1. The van der Waals surface area contributed by atoms with E-state index in [1.54, 1.807) is 0 Å². The van der Waals surface area contributed by atoms with Gasteiger partial charge < -0.3 is 9.84 Å². The molecular formula is C39H70O4. The molecular weight excluding hydrogens is 532 g/mol. The first-order valence-electron chi connectivity index (χ1n) is 18.5. The highest BCUT2D eigenvalue weighted by molar-refractivity contribution is 5.69. The quantitative estimate of drug-likeness (QED) is 0.0461. The predicted molar refractivity (Wildman–Crippen MR) is 186 cm³/mol. The van der Waals surface area contributed by atoms with Crippen LogP contribution in [0.15, 0.2) is 36.5 Å². The summed E-state index contributed by atoms with van der Waals surface area (Å²) in [6.45, 7) is 4.51. The summed E-state index contributed by atoms with van der Waals surface area (Å²) in [5.74, 6) is -0.785. The van der Waals surface area contributed by atoms with Crippen molar-refractivity contribution in [3.8, 4) is 0 Å². The van der Waals surface area contributed by atoms with Gasteiger partial charge in [0.2, 0.25) is 0 Å². The Balaban J connectivity index is 4.16. The summed E-state index contributed by atoms with van der Waals surface area (Å²) >= 11 is 0. The largest absolute Gasteiger partial charge is 0.481 e. The molecule has 0 bridgehead atoms. The minimum Gasteiger partial charge on any atom is -0.481 e. The predicted octanol–water partition coefficient (Wildman–Crippen LogP) is 12.6. The van der Waals surface area contributed by atoms with Crippen molar-refractivity contribution in [1.82, 2.24) is 0 Å². The highest BCUT2D eigenvalue weighted by atomic mass is 16.5. The number of ether oxygens (including phenoxy) is 1. The Morgan fingerprint density at radius 3 is 1.53 bits per heavy atom. The standard InChI is InChI=1S/C39H70O4/c1-3-5-7-9-11-13-15-16-17-19-21-23-28-32-36-39(42)43-37(34-30-26-24-27-31-35-38(40)41)33-29-25-22-20-18-14-12-10-8-6-4-2/h12,14,20,22,29,33,37H,3-11,13,15-19,21,23-28,30-32,34-36H2,1-2H3,(H,40,41)/b14-12-,22-20-,33-29-. The first-order valence-corrected chi connectivity index (χ1v) is 18.5. The van der Waals surface area contributed by atoms with Crippen LogP contribution in [0.3, 0.4) is 0 Å². The number of carboxylic acid groups (broad SMARTS) is 1. The molecule has 0 aliphatic carbocycles. The molecule has 0 amide bonds. The summed E-state index contributed by atoms with van der Waals surface area (Å²) in [5, 5.41) is 8.79. The van der Waals surface area contributed by atoms with Crippen molar-refractivity contribution in [1.29, 1.82) is 0 Å². The van der Waals surface area contributed by atoms with Gasteiger partial charge in [0.05, 0.1) is 0 Å². The summed E-state index contributed by atoms with van der Waals surface area (Å²) in [7, 11) is 0. The molecule has 250 valence electrons. The van der Waals surface area contributed by atoms with Crippen LogP contribution in [0.25, 0.3) is 0 Å². The maximum absolute atomic E-state index is 12.6. The molecule has 0 heterocycles. The van der Waals surface area contributed by atoms with Crippen LogP contribution in [0.4, 0.5) is 0 Å². The fourth-order valence-corrected chi connectivity index (χ4v) is 5.34. The molecule has 0 aromatic carbocycles. The van der Waals surface area contributed by atoms with Crippen LogP contribution >= 0.6 is 0 Å². The van der Waals surface area contributed by atoms with Gasteiger partial charge in [0.25, 0.3) is 0 Å². The number of rotatable bonds is 33. The molecule has 0 rings (SSSR count). The number of carbonyl (C=O) groups is 2. The number of aliphatic carboxylic acids is 1. The summed E-state index contributed by atoms with van der Waals surface area (Å²) in [6, 6.07) is 0. The third kappa shape index (κ3) is 34.5. The highest BCUT2D eigenvalue weighted by Crippen LogP contribution is 2.16. The first kappa shape index (κ1) is 41.2. The second-order valence-electron chi connectivity index (χ2n) is 12.4. The molecule has 0 aromatic rings. The van der Waals surface area contributed by atoms with Crippen LogP contribution in [0.5, 0.6) is 0 Å². The maximum atomic E-state index is 12.6. The zero-order chi connectivity index (χ0) is 31.5. The molecule has 0 fully saturated rings. The lowest BCUT2D eigenvalue weighted by molar-refractivity contribution is -0.147. The minimum atomic E-state index is -0.715. The summed E-state index contributed by atoms with van der Waals surface area (Å²) < 4.78 is 5.88. The van der Waals surface area contributed by atoms with Gasteiger partial charge in [0, 0.05) is 12.8 Å². The van der Waals surface area contributed by atoms with Crippen molar-refractivity contribution in [2.75, 3.05) is 0 Å². The van der Waals surface area contributed by atoms with Gasteiger partial charge in [-0.25, -0.2) is 0 Å². The minimum absolute atomic E-state index is 0.0706. The molecule has 0 saturated carbocycles. The van der Waals surface area contributed by atoms with Crippen LogP contribution in [-0.4, -0.2) is 23.1 Å². The van der Waals surface area contributed by atoms with Gasteiger partial charge in [-0.3, -0.25) is 9.59 Å². The van der Waals surface area contributed by atoms with E-state index in [1.165, 1.54) is 103 Å². The van der Waals surface area contributed by atoms with E-state index in [4.69, 9.17) is 9.84 Å². The Bertz CT molecular complexity index is 693. The number of esters is 1. The first-order chi connectivity index (χ1) is 21.1. The molecule has 1 atom stereocenters. The van der Waals surface area contributed by atoms with E-state index in [9.17, 15) is 9.59 Å². The topological polar surface area (TPSA) is 63.6 Å². The molecule has 0 aliphatic rings. The Kier molecular flexibility index (Phi) is 33.2. The Morgan fingerprint density at radius 2 is 0.977 bits per heavy atom. The van der Waals surface area contributed by atoms with Crippen molar-refractivity contribution >= 4 is 11.9 Å². The van der Waals surface area contributed by atoms with E-state index >= 15 is 0 Å². The van der Waals surface area contributed by atoms with Crippen LogP contribution < -0.4 is 0 Å². The molecule has 0 saturated heterocycles. The Hall–Kier alpha value is -1.84. The number of hydrogen-bond donors (Lipinski definition) is 1. The van der Waals surface area contributed by atoms with Crippen LogP contribution in [-0.2, 0) is 14.3 Å². The SMILES string of the molecule is CCCCC/C=C\C/C=C\C/C=C\C(CCCCCCCC(=O)O)OC(=O)CCCCCCCCCCCCCCCC. The Labute approximate surface area is 267 Å². The average Bonchev–Trinajstić information content (AvgIpc) is 2.99. The molecule has 0 aliphatic heterocycles. The number of carbonyl (C=O) groups excluding carboxylic acids is 1.